The molecule has 1 unspecified atom stereocenters. The second-order valence-corrected chi connectivity index (χ2v) is 6.73. The summed E-state index contributed by atoms with van der Waals surface area (Å²) in [5.41, 5.74) is 1.08. The molecule has 1 amide bonds. The fourth-order valence-electron chi connectivity index (χ4n) is 3.30. The number of amides is 1. The Morgan fingerprint density at radius 1 is 1.04 bits per heavy atom. The molecule has 3 aromatic rings. The third-order valence-corrected chi connectivity index (χ3v) is 4.71. The molecule has 7 nitrogen and oxygen atoms in total. The summed E-state index contributed by atoms with van der Waals surface area (Å²) in [6.45, 7) is 0.541. The van der Waals surface area contributed by atoms with Crippen LogP contribution in [-0.4, -0.2) is 28.3 Å². The van der Waals surface area contributed by atoms with Crippen LogP contribution < -0.4 is 15.4 Å². The molecule has 7 heteroatoms. The third kappa shape index (κ3) is 4.49. The van der Waals surface area contributed by atoms with Crippen molar-refractivity contribution in [2.24, 2.45) is 0 Å². The minimum absolute atomic E-state index is 0.0547. The molecule has 1 fully saturated rings. The van der Waals surface area contributed by atoms with Crippen molar-refractivity contribution in [3.8, 4) is 5.75 Å². The van der Waals surface area contributed by atoms with E-state index in [2.05, 4.69) is 20.8 Å². The molecule has 1 saturated carbocycles. The Morgan fingerprint density at radius 2 is 1.79 bits per heavy atom. The number of anilines is 1. The van der Waals surface area contributed by atoms with E-state index in [-0.39, 0.29) is 30.0 Å². The number of benzene rings is 2. The SMILES string of the molecule is O=C(NC1CCC[C@@H]1Oc1ccccc1)c1nnc(NCc2ccccc2)o1. The van der Waals surface area contributed by atoms with E-state index in [1.165, 1.54) is 0 Å². The molecule has 0 aliphatic heterocycles. The average Bonchev–Trinajstić information content (AvgIpc) is 3.38. The number of rotatable bonds is 7. The van der Waals surface area contributed by atoms with E-state index < -0.39 is 0 Å². The molecule has 0 radical (unpaired) electrons. The molecule has 0 bridgehead atoms. The summed E-state index contributed by atoms with van der Waals surface area (Å²) in [5, 5.41) is 13.7. The number of para-hydroxylation sites is 1. The van der Waals surface area contributed by atoms with Gasteiger partial charge in [-0.05, 0) is 37.0 Å². The van der Waals surface area contributed by atoms with Gasteiger partial charge in [0.1, 0.15) is 11.9 Å². The fraction of sp³-hybridized carbons (Fsp3) is 0.286. The van der Waals surface area contributed by atoms with E-state index in [0.29, 0.717) is 6.54 Å². The monoisotopic (exact) mass is 378 g/mol. The molecule has 1 aliphatic carbocycles. The fourth-order valence-corrected chi connectivity index (χ4v) is 3.30. The lowest BCUT2D eigenvalue weighted by Gasteiger charge is -2.21. The Bertz CT molecular complexity index is 898. The molecule has 0 spiro atoms. The van der Waals surface area contributed by atoms with Crippen LogP contribution in [0.25, 0.3) is 0 Å². The molecule has 144 valence electrons. The van der Waals surface area contributed by atoms with Gasteiger partial charge in [0.2, 0.25) is 0 Å². The molecule has 1 aliphatic rings. The predicted octanol–water partition coefficient (Wildman–Crippen LogP) is 3.41. The maximum Gasteiger partial charge on any atom is 0.316 e. The van der Waals surface area contributed by atoms with Crippen LogP contribution in [0.4, 0.5) is 6.01 Å². The third-order valence-electron chi connectivity index (χ3n) is 4.71. The smallest absolute Gasteiger partial charge is 0.316 e. The van der Waals surface area contributed by atoms with Crippen molar-refractivity contribution in [3.05, 3.63) is 72.1 Å². The Balaban J connectivity index is 1.32. The second-order valence-electron chi connectivity index (χ2n) is 6.73. The van der Waals surface area contributed by atoms with E-state index in [0.717, 1.165) is 30.6 Å². The van der Waals surface area contributed by atoms with Gasteiger partial charge in [-0.15, -0.1) is 5.10 Å². The van der Waals surface area contributed by atoms with Crippen LogP contribution in [0.5, 0.6) is 5.75 Å². The van der Waals surface area contributed by atoms with Crippen molar-refractivity contribution in [1.29, 1.82) is 0 Å². The van der Waals surface area contributed by atoms with Gasteiger partial charge in [-0.25, -0.2) is 0 Å². The van der Waals surface area contributed by atoms with Crippen molar-refractivity contribution in [1.82, 2.24) is 15.5 Å². The largest absolute Gasteiger partial charge is 0.488 e. The maximum atomic E-state index is 12.5. The van der Waals surface area contributed by atoms with Gasteiger partial charge in [-0.1, -0.05) is 53.6 Å². The molecule has 2 aromatic carbocycles. The summed E-state index contributed by atoms with van der Waals surface area (Å²) in [4.78, 5) is 12.5. The molecule has 4 rings (SSSR count). The van der Waals surface area contributed by atoms with E-state index in [4.69, 9.17) is 9.15 Å². The lowest BCUT2D eigenvalue weighted by Crippen LogP contribution is -2.42. The molecule has 2 N–H and O–H groups in total. The molecule has 28 heavy (non-hydrogen) atoms. The van der Waals surface area contributed by atoms with Gasteiger partial charge in [-0.3, -0.25) is 4.79 Å². The summed E-state index contributed by atoms with van der Waals surface area (Å²) in [6.07, 6.45) is 2.69. The van der Waals surface area contributed by atoms with Crippen molar-refractivity contribution in [2.75, 3.05) is 5.32 Å². The topological polar surface area (TPSA) is 89.3 Å². The van der Waals surface area contributed by atoms with Gasteiger partial charge < -0.3 is 19.8 Å². The normalized spacial score (nSPS) is 18.6. The van der Waals surface area contributed by atoms with Crippen molar-refractivity contribution in [3.63, 3.8) is 0 Å². The molecular weight excluding hydrogens is 356 g/mol. The second kappa shape index (κ2) is 8.56. The number of nitrogens with one attached hydrogen (secondary N) is 2. The minimum Gasteiger partial charge on any atom is -0.488 e. The van der Waals surface area contributed by atoms with Gasteiger partial charge in [0.15, 0.2) is 0 Å². The van der Waals surface area contributed by atoms with Crippen LogP contribution in [0.15, 0.2) is 65.1 Å². The summed E-state index contributed by atoms with van der Waals surface area (Å²) in [7, 11) is 0. The molecule has 0 saturated heterocycles. The molecule has 2 atom stereocenters. The van der Waals surface area contributed by atoms with Crippen molar-refractivity contribution >= 4 is 11.9 Å². The summed E-state index contributed by atoms with van der Waals surface area (Å²) < 4.78 is 11.5. The molecule has 1 heterocycles. The van der Waals surface area contributed by atoms with Crippen LogP contribution in [0.1, 0.15) is 35.5 Å². The summed E-state index contributed by atoms with van der Waals surface area (Å²) in [6, 6.07) is 19.6. The van der Waals surface area contributed by atoms with Crippen LogP contribution in [-0.2, 0) is 6.54 Å². The zero-order chi connectivity index (χ0) is 19.2. The highest BCUT2D eigenvalue weighted by Crippen LogP contribution is 2.25. The maximum absolute atomic E-state index is 12.5. The first-order valence-electron chi connectivity index (χ1n) is 9.42. The zero-order valence-electron chi connectivity index (χ0n) is 15.4. The Kier molecular flexibility index (Phi) is 5.51. The zero-order valence-corrected chi connectivity index (χ0v) is 15.4. The number of carbonyl (C=O) groups is 1. The Morgan fingerprint density at radius 3 is 2.57 bits per heavy atom. The lowest BCUT2D eigenvalue weighted by atomic mass is 10.2. The molecule has 1 aromatic heterocycles. The van der Waals surface area contributed by atoms with Crippen molar-refractivity contribution in [2.45, 2.75) is 38.0 Å². The highest BCUT2D eigenvalue weighted by atomic mass is 16.5. The number of nitrogens with zero attached hydrogens (tertiary/aromatic N) is 2. The number of carbonyl (C=O) groups excluding carboxylic acids is 1. The van der Waals surface area contributed by atoms with Gasteiger partial charge in [0.25, 0.3) is 0 Å². The number of aromatic nitrogens is 2. The Hall–Kier alpha value is -3.35. The number of hydrogen-bond acceptors (Lipinski definition) is 6. The number of ether oxygens (including phenoxy) is 1. The first-order valence-corrected chi connectivity index (χ1v) is 9.42. The molecular formula is C21H22N4O3. The van der Waals surface area contributed by atoms with E-state index in [9.17, 15) is 4.79 Å². The van der Waals surface area contributed by atoms with E-state index in [1.54, 1.807) is 0 Å². The first kappa shape index (κ1) is 18.0. The van der Waals surface area contributed by atoms with Crippen LogP contribution >= 0.6 is 0 Å². The van der Waals surface area contributed by atoms with E-state index >= 15 is 0 Å². The summed E-state index contributed by atoms with van der Waals surface area (Å²) >= 11 is 0. The lowest BCUT2D eigenvalue weighted by molar-refractivity contribution is 0.0860. The number of hydrogen-bond donors (Lipinski definition) is 2. The Labute approximate surface area is 163 Å². The van der Waals surface area contributed by atoms with Gasteiger partial charge in [-0.2, -0.15) is 0 Å². The van der Waals surface area contributed by atoms with Gasteiger partial charge >= 0.3 is 17.8 Å². The van der Waals surface area contributed by atoms with Gasteiger partial charge in [0.05, 0.1) is 6.04 Å². The van der Waals surface area contributed by atoms with Crippen LogP contribution in [0.2, 0.25) is 0 Å². The van der Waals surface area contributed by atoms with E-state index in [1.807, 2.05) is 60.7 Å². The highest BCUT2D eigenvalue weighted by molar-refractivity contribution is 5.89. The van der Waals surface area contributed by atoms with Crippen LogP contribution in [0.3, 0.4) is 0 Å². The quantitative estimate of drug-likeness (QED) is 0.655. The average molecular weight is 378 g/mol. The standard InChI is InChI=1S/C21H22N4O3/c26-19(20-24-25-21(28-20)22-14-15-8-3-1-4-9-15)23-17-12-7-13-18(17)27-16-10-5-2-6-11-16/h1-6,8-11,17-18H,7,12-14H2,(H,22,25)(H,23,26)/t17?,18-/m0/s1. The summed E-state index contributed by atoms with van der Waals surface area (Å²) in [5.74, 6) is 0.369. The highest BCUT2D eigenvalue weighted by Gasteiger charge is 2.31. The predicted molar refractivity (Wildman–Crippen MR) is 104 cm³/mol. The van der Waals surface area contributed by atoms with Gasteiger partial charge in [0, 0.05) is 6.54 Å². The van der Waals surface area contributed by atoms with Crippen molar-refractivity contribution < 1.29 is 13.9 Å². The minimum atomic E-state index is -0.381. The van der Waals surface area contributed by atoms with Crippen LogP contribution in [0, 0.1) is 0 Å². The first-order chi connectivity index (χ1) is 13.8.